The monoisotopic (exact) mass is 258 g/mol. The first-order valence-electron chi connectivity index (χ1n) is 4.39. The quantitative estimate of drug-likeness (QED) is 0.744. The number of hydrogen-bond acceptors (Lipinski definition) is 5. The Morgan fingerprint density at radius 1 is 1.56 bits per heavy atom. The Labute approximate surface area is 96.5 Å². The number of nitrogen functional groups attached to an aromatic ring is 1. The van der Waals surface area contributed by atoms with E-state index in [-0.39, 0.29) is 10.8 Å². The van der Waals surface area contributed by atoms with E-state index >= 15 is 0 Å². The van der Waals surface area contributed by atoms with Gasteiger partial charge in [-0.1, -0.05) is 0 Å². The first-order valence-corrected chi connectivity index (χ1v) is 6.75. The largest absolute Gasteiger partial charge is 0.398 e. The van der Waals surface area contributed by atoms with Gasteiger partial charge in [-0.3, -0.25) is 5.10 Å². The second kappa shape index (κ2) is 4.24. The molecule has 0 aliphatic rings. The molecule has 0 aliphatic heterocycles. The van der Waals surface area contributed by atoms with E-state index in [4.69, 9.17) is 5.73 Å². The summed E-state index contributed by atoms with van der Waals surface area (Å²) in [6, 6.07) is 1.43. The molecule has 0 aromatic carbocycles. The smallest absolute Gasteiger partial charge is 0.250 e. The van der Waals surface area contributed by atoms with Crippen LogP contribution in [0.3, 0.4) is 0 Å². The van der Waals surface area contributed by atoms with Crippen LogP contribution in [0.1, 0.15) is 5.56 Å². The molecule has 2 rings (SSSR count). The molecule has 2 heterocycles. The average Bonchev–Trinajstić information content (AvgIpc) is 2.85. The molecule has 0 amide bonds. The predicted molar refractivity (Wildman–Crippen MR) is 61.3 cm³/mol. The van der Waals surface area contributed by atoms with Crippen LogP contribution in [0.5, 0.6) is 0 Å². The Morgan fingerprint density at radius 3 is 2.94 bits per heavy atom. The van der Waals surface area contributed by atoms with Crippen molar-refractivity contribution in [1.29, 1.82) is 0 Å². The minimum Gasteiger partial charge on any atom is -0.398 e. The first kappa shape index (κ1) is 11.1. The Bertz CT molecular complexity index is 559. The second-order valence-corrected chi connectivity index (χ2v) is 6.04. The van der Waals surface area contributed by atoms with Crippen LogP contribution in [-0.4, -0.2) is 18.6 Å². The Kier molecular flexibility index (Phi) is 2.95. The van der Waals surface area contributed by atoms with Crippen molar-refractivity contribution in [2.24, 2.45) is 0 Å². The SMILES string of the molecule is Nc1csc(S(=O)(=O)NCc2cn[nH]c2)c1. The molecule has 16 heavy (non-hydrogen) atoms. The van der Waals surface area contributed by atoms with Crippen molar-refractivity contribution in [3.8, 4) is 0 Å². The van der Waals surface area contributed by atoms with Crippen LogP contribution in [0.15, 0.2) is 28.0 Å². The number of rotatable bonds is 4. The molecule has 0 atom stereocenters. The molecular formula is C8H10N4O2S2. The summed E-state index contributed by atoms with van der Waals surface area (Å²) in [5.41, 5.74) is 6.69. The van der Waals surface area contributed by atoms with Gasteiger partial charge in [0.15, 0.2) is 0 Å². The highest BCUT2D eigenvalue weighted by molar-refractivity contribution is 7.91. The van der Waals surface area contributed by atoms with E-state index in [1.807, 2.05) is 0 Å². The zero-order valence-electron chi connectivity index (χ0n) is 8.17. The van der Waals surface area contributed by atoms with E-state index in [9.17, 15) is 8.42 Å². The standard InChI is InChI=1S/C8H10N4O2S2/c9-7-1-8(15-5-7)16(13,14)12-4-6-2-10-11-3-6/h1-3,5,12H,4,9H2,(H,10,11). The van der Waals surface area contributed by atoms with E-state index in [0.717, 1.165) is 16.9 Å². The number of H-pyrrole nitrogens is 1. The molecule has 86 valence electrons. The van der Waals surface area contributed by atoms with Crippen LogP contribution in [0.25, 0.3) is 0 Å². The maximum Gasteiger partial charge on any atom is 0.250 e. The lowest BCUT2D eigenvalue weighted by Crippen LogP contribution is -2.22. The van der Waals surface area contributed by atoms with Crippen LogP contribution < -0.4 is 10.5 Å². The highest BCUT2D eigenvalue weighted by atomic mass is 32.2. The molecule has 0 saturated heterocycles. The number of aromatic nitrogens is 2. The molecule has 2 aromatic heterocycles. The topological polar surface area (TPSA) is 101 Å². The normalized spacial score (nSPS) is 11.8. The van der Waals surface area contributed by atoms with Crippen molar-refractivity contribution in [1.82, 2.24) is 14.9 Å². The molecule has 4 N–H and O–H groups in total. The first-order chi connectivity index (χ1) is 7.58. The fourth-order valence-corrected chi connectivity index (χ4v) is 3.24. The predicted octanol–water partition coefficient (Wildman–Crippen LogP) is 0.532. The molecule has 0 spiro atoms. The van der Waals surface area contributed by atoms with Gasteiger partial charge in [-0.25, -0.2) is 13.1 Å². The van der Waals surface area contributed by atoms with Gasteiger partial charge in [-0.2, -0.15) is 5.10 Å². The summed E-state index contributed by atoms with van der Waals surface area (Å²) in [7, 11) is -3.47. The Hall–Kier alpha value is -1.38. The maximum atomic E-state index is 11.8. The minimum absolute atomic E-state index is 0.205. The summed E-state index contributed by atoms with van der Waals surface area (Å²) in [4.78, 5) is 0. The van der Waals surface area contributed by atoms with Gasteiger partial charge in [-0.05, 0) is 6.07 Å². The lowest BCUT2D eigenvalue weighted by atomic mass is 10.4. The summed E-state index contributed by atoms with van der Waals surface area (Å²) in [6.45, 7) is 0.205. The van der Waals surface area contributed by atoms with Crippen molar-refractivity contribution in [2.75, 3.05) is 5.73 Å². The zero-order valence-corrected chi connectivity index (χ0v) is 9.81. The van der Waals surface area contributed by atoms with Gasteiger partial charge >= 0.3 is 0 Å². The van der Waals surface area contributed by atoms with Gasteiger partial charge in [0.2, 0.25) is 10.0 Å². The van der Waals surface area contributed by atoms with Gasteiger partial charge < -0.3 is 5.73 Å². The van der Waals surface area contributed by atoms with Crippen LogP contribution >= 0.6 is 11.3 Å². The lowest BCUT2D eigenvalue weighted by molar-refractivity contribution is 0.583. The van der Waals surface area contributed by atoms with Crippen molar-refractivity contribution >= 4 is 27.0 Å². The molecule has 0 unspecified atom stereocenters. The molecule has 0 bridgehead atoms. The fourth-order valence-electron chi connectivity index (χ4n) is 1.09. The van der Waals surface area contributed by atoms with Crippen molar-refractivity contribution in [2.45, 2.75) is 10.8 Å². The van der Waals surface area contributed by atoms with E-state index in [1.165, 1.54) is 6.07 Å². The van der Waals surface area contributed by atoms with Gasteiger partial charge in [0.1, 0.15) is 4.21 Å². The molecule has 0 fully saturated rings. The maximum absolute atomic E-state index is 11.8. The van der Waals surface area contributed by atoms with Gasteiger partial charge in [0.05, 0.1) is 6.20 Å². The number of sulfonamides is 1. The molecule has 0 radical (unpaired) electrons. The summed E-state index contributed by atoms with van der Waals surface area (Å²) in [5, 5.41) is 7.92. The summed E-state index contributed by atoms with van der Waals surface area (Å²) < 4.78 is 26.2. The van der Waals surface area contributed by atoms with Crippen molar-refractivity contribution < 1.29 is 8.42 Å². The summed E-state index contributed by atoms with van der Waals surface area (Å²) >= 11 is 1.09. The zero-order chi connectivity index (χ0) is 11.6. The van der Waals surface area contributed by atoms with E-state index < -0.39 is 10.0 Å². The van der Waals surface area contributed by atoms with Crippen molar-refractivity contribution in [3.05, 3.63) is 29.4 Å². The highest BCUT2D eigenvalue weighted by Gasteiger charge is 2.15. The molecule has 6 nitrogen and oxygen atoms in total. The number of nitrogens with zero attached hydrogens (tertiary/aromatic N) is 1. The summed E-state index contributed by atoms with van der Waals surface area (Å²) in [5.74, 6) is 0. The van der Waals surface area contributed by atoms with Gasteiger partial charge in [0.25, 0.3) is 0 Å². The number of nitrogens with two attached hydrogens (primary N) is 1. The fraction of sp³-hybridized carbons (Fsp3) is 0.125. The second-order valence-electron chi connectivity index (χ2n) is 3.13. The van der Waals surface area contributed by atoms with E-state index in [0.29, 0.717) is 5.69 Å². The third-order valence-electron chi connectivity index (χ3n) is 1.88. The van der Waals surface area contributed by atoms with Gasteiger partial charge in [0, 0.05) is 29.4 Å². The third kappa shape index (κ3) is 2.40. The molecule has 2 aromatic rings. The van der Waals surface area contributed by atoms with Gasteiger partial charge in [-0.15, -0.1) is 11.3 Å². The number of aromatic amines is 1. The molecule has 8 heteroatoms. The van der Waals surface area contributed by atoms with Crippen LogP contribution in [0, 0.1) is 0 Å². The number of hydrogen-bond donors (Lipinski definition) is 3. The molecule has 0 saturated carbocycles. The lowest BCUT2D eigenvalue weighted by Gasteiger charge is -2.01. The molecular weight excluding hydrogens is 248 g/mol. The highest BCUT2D eigenvalue weighted by Crippen LogP contribution is 2.21. The number of nitrogens with one attached hydrogen (secondary N) is 2. The van der Waals surface area contributed by atoms with E-state index in [1.54, 1.807) is 17.8 Å². The Balaban J connectivity index is 2.09. The summed E-state index contributed by atoms with van der Waals surface area (Å²) in [6.07, 6.45) is 3.19. The third-order valence-corrected chi connectivity index (χ3v) is 4.74. The van der Waals surface area contributed by atoms with Crippen LogP contribution in [0.2, 0.25) is 0 Å². The van der Waals surface area contributed by atoms with Crippen LogP contribution in [0.4, 0.5) is 5.69 Å². The van der Waals surface area contributed by atoms with E-state index in [2.05, 4.69) is 14.9 Å². The van der Waals surface area contributed by atoms with Crippen molar-refractivity contribution in [3.63, 3.8) is 0 Å². The Morgan fingerprint density at radius 2 is 2.38 bits per heavy atom. The minimum atomic E-state index is -3.47. The number of anilines is 1. The van der Waals surface area contributed by atoms with Crippen LogP contribution in [-0.2, 0) is 16.6 Å². The number of thiophene rings is 1. The molecule has 0 aliphatic carbocycles. The average molecular weight is 258 g/mol.